The maximum atomic E-state index is 11.0. The second kappa shape index (κ2) is 3.65. The van der Waals surface area contributed by atoms with Gasteiger partial charge in [0.15, 0.2) is 0 Å². The summed E-state index contributed by atoms with van der Waals surface area (Å²) in [6.07, 6.45) is 0. The summed E-state index contributed by atoms with van der Waals surface area (Å²) >= 11 is 0.557. The van der Waals surface area contributed by atoms with Gasteiger partial charge in [-0.1, -0.05) is 36.4 Å². The van der Waals surface area contributed by atoms with E-state index in [0.29, 0.717) is 11.7 Å². The summed E-state index contributed by atoms with van der Waals surface area (Å²) in [6, 6.07) is 18.3. The quantitative estimate of drug-likeness (QED) is 0.455. The van der Waals surface area contributed by atoms with Crippen molar-refractivity contribution in [2.24, 2.45) is 0 Å². The lowest BCUT2D eigenvalue weighted by molar-refractivity contribution is 0.605. The highest BCUT2D eigenvalue weighted by atomic mass is 32.1. The summed E-state index contributed by atoms with van der Waals surface area (Å²) < 4.78 is 11.0. The van der Waals surface area contributed by atoms with Crippen molar-refractivity contribution in [3.05, 3.63) is 54.6 Å². The molecule has 2 heteroatoms. The fraction of sp³-hybridized carbons (Fsp3) is 0. The van der Waals surface area contributed by atoms with Gasteiger partial charge in [-0.15, -0.1) is 0 Å². The molecule has 3 rings (SSSR count). The third kappa shape index (κ3) is 1.39. The van der Waals surface area contributed by atoms with Crippen molar-refractivity contribution in [2.45, 2.75) is 4.90 Å². The van der Waals surface area contributed by atoms with Crippen LogP contribution in [0.3, 0.4) is 0 Å². The molecule has 0 aliphatic heterocycles. The Morgan fingerprint density at radius 1 is 0.750 bits per heavy atom. The Hall–Kier alpha value is -1.80. The lowest BCUT2D eigenvalue weighted by atomic mass is 10.0. The molecule has 3 aromatic carbocycles. The third-order valence-electron chi connectivity index (χ3n) is 2.80. The molecule has 0 heterocycles. The van der Waals surface area contributed by atoms with Gasteiger partial charge < -0.3 is 0 Å². The molecule has 0 saturated carbocycles. The van der Waals surface area contributed by atoms with E-state index in [1.807, 2.05) is 30.3 Å². The van der Waals surface area contributed by atoms with Crippen molar-refractivity contribution >= 4 is 33.2 Å². The summed E-state index contributed by atoms with van der Waals surface area (Å²) in [5.41, 5.74) is 0. The summed E-state index contributed by atoms with van der Waals surface area (Å²) in [5.74, 6) is 0. The van der Waals surface area contributed by atoms with Crippen LogP contribution in [-0.4, -0.2) is 0 Å². The van der Waals surface area contributed by atoms with Crippen LogP contribution in [0.15, 0.2) is 59.5 Å². The predicted octanol–water partition coefficient (Wildman–Crippen LogP) is 3.78. The molecular formula is C14H9OS+. The van der Waals surface area contributed by atoms with Crippen LogP contribution in [0, 0.1) is 0 Å². The number of hydrogen-bond acceptors (Lipinski definition) is 1. The Labute approximate surface area is 97.2 Å². The SMILES string of the molecule is O=[S+]c1cccc2cc3ccccc3cc12. The van der Waals surface area contributed by atoms with Gasteiger partial charge >= 0.3 is 11.7 Å². The Bertz CT molecular complexity index is 688. The predicted molar refractivity (Wildman–Crippen MR) is 67.8 cm³/mol. The number of hydrogen-bond donors (Lipinski definition) is 0. The van der Waals surface area contributed by atoms with Crippen molar-refractivity contribution in [2.75, 3.05) is 0 Å². The van der Waals surface area contributed by atoms with Crippen molar-refractivity contribution in [3.8, 4) is 0 Å². The van der Waals surface area contributed by atoms with Crippen molar-refractivity contribution in [1.29, 1.82) is 0 Å². The van der Waals surface area contributed by atoms with Gasteiger partial charge in [-0.05, 0) is 28.3 Å². The molecule has 1 nitrogen and oxygen atoms in total. The molecule has 0 atom stereocenters. The summed E-state index contributed by atoms with van der Waals surface area (Å²) in [5, 5.41) is 4.56. The molecule has 0 aromatic heterocycles. The standard InChI is InChI=1S/C14H9OS/c15-16-14-7-3-6-12-8-10-4-1-2-5-11(10)9-13(12)14/h1-9H/q+1. The van der Waals surface area contributed by atoms with Crippen LogP contribution in [0.25, 0.3) is 21.5 Å². The van der Waals surface area contributed by atoms with Crippen LogP contribution in [-0.2, 0) is 15.9 Å². The maximum absolute atomic E-state index is 11.0. The first-order valence-electron chi connectivity index (χ1n) is 5.10. The minimum absolute atomic E-state index is 0.557. The number of rotatable bonds is 1. The highest BCUT2D eigenvalue weighted by Crippen LogP contribution is 2.25. The summed E-state index contributed by atoms with van der Waals surface area (Å²) in [7, 11) is 0. The minimum Gasteiger partial charge on any atom is -0.0616 e. The first-order chi connectivity index (χ1) is 7.88. The Kier molecular flexibility index (Phi) is 2.15. The van der Waals surface area contributed by atoms with Crippen LogP contribution in [0.5, 0.6) is 0 Å². The van der Waals surface area contributed by atoms with Gasteiger partial charge in [-0.3, -0.25) is 0 Å². The van der Waals surface area contributed by atoms with Gasteiger partial charge in [-0.2, -0.15) is 0 Å². The van der Waals surface area contributed by atoms with Crippen molar-refractivity contribution in [1.82, 2.24) is 0 Å². The average Bonchev–Trinajstić information content (AvgIpc) is 2.35. The molecular weight excluding hydrogens is 216 g/mol. The third-order valence-corrected chi connectivity index (χ3v) is 3.33. The highest BCUT2D eigenvalue weighted by Gasteiger charge is 2.11. The average molecular weight is 225 g/mol. The first kappa shape index (κ1) is 9.43. The van der Waals surface area contributed by atoms with E-state index < -0.39 is 0 Å². The van der Waals surface area contributed by atoms with Crippen LogP contribution in [0.1, 0.15) is 0 Å². The Morgan fingerprint density at radius 2 is 1.44 bits per heavy atom. The zero-order chi connectivity index (χ0) is 11.0. The largest absolute Gasteiger partial charge is 0.505 e. The molecule has 3 aromatic rings. The summed E-state index contributed by atoms with van der Waals surface area (Å²) in [4.78, 5) is 0.795. The second-order valence-electron chi connectivity index (χ2n) is 3.76. The van der Waals surface area contributed by atoms with Gasteiger partial charge in [0.2, 0.25) is 0 Å². The highest BCUT2D eigenvalue weighted by molar-refractivity contribution is 7.65. The number of fused-ring (bicyclic) bond motifs is 2. The maximum Gasteiger partial charge on any atom is 0.505 e. The van der Waals surface area contributed by atoms with Crippen molar-refractivity contribution in [3.63, 3.8) is 0 Å². The first-order valence-corrected chi connectivity index (χ1v) is 5.84. The van der Waals surface area contributed by atoms with E-state index in [1.54, 1.807) is 0 Å². The topological polar surface area (TPSA) is 17.1 Å². The molecule has 0 spiro atoms. The molecule has 0 fully saturated rings. The molecule has 0 radical (unpaired) electrons. The van der Waals surface area contributed by atoms with E-state index in [4.69, 9.17) is 0 Å². The Morgan fingerprint density at radius 3 is 2.19 bits per heavy atom. The van der Waals surface area contributed by atoms with Gasteiger partial charge in [0, 0.05) is 10.3 Å². The normalized spacial score (nSPS) is 10.8. The Balaban J connectivity index is 2.51. The monoisotopic (exact) mass is 225 g/mol. The molecule has 16 heavy (non-hydrogen) atoms. The molecule has 0 bridgehead atoms. The molecule has 0 aliphatic carbocycles. The molecule has 0 aliphatic rings. The fourth-order valence-corrected chi connectivity index (χ4v) is 2.41. The minimum atomic E-state index is 0.557. The van der Waals surface area contributed by atoms with Gasteiger partial charge in [0.05, 0.1) is 5.39 Å². The van der Waals surface area contributed by atoms with Gasteiger partial charge in [-0.25, -0.2) is 0 Å². The smallest absolute Gasteiger partial charge is 0.0616 e. The van der Waals surface area contributed by atoms with E-state index in [0.717, 1.165) is 15.7 Å². The molecule has 0 saturated heterocycles. The fourth-order valence-electron chi connectivity index (χ4n) is 2.01. The molecule has 0 unspecified atom stereocenters. The second-order valence-corrected chi connectivity index (χ2v) is 4.37. The van der Waals surface area contributed by atoms with Crippen LogP contribution < -0.4 is 0 Å². The van der Waals surface area contributed by atoms with Crippen LogP contribution in [0.4, 0.5) is 0 Å². The lowest BCUT2D eigenvalue weighted by Crippen LogP contribution is -1.80. The van der Waals surface area contributed by atoms with Crippen LogP contribution >= 0.6 is 0 Å². The van der Waals surface area contributed by atoms with Crippen LogP contribution in [0.2, 0.25) is 0 Å². The van der Waals surface area contributed by atoms with E-state index >= 15 is 0 Å². The van der Waals surface area contributed by atoms with Gasteiger partial charge in [0.25, 0.3) is 4.90 Å². The van der Waals surface area contributed by atoms with E-state index in [9.17, 15) is 4.21 Å². The zero-order valence-electron chi connectivity index (χ0n) is 8.51. The molecule has 0 N–H and O–H groups in total. The van der Waals surface area contributed by atoms with Crippen molar-refractivity contribution < 1.29 is 4.21 Å². The van der Waals surface area contributed by atoms with Gasteiger partial charge in [0.1, 0.15) is 0 Å². The van der Waals surface area contributed by atoms with E-state index in [2.05, 4.69) is 24.3 Å². The number of benzene rings is 3. The van der Waals surface area contributed by atoms with E-state index in [1.165, 1.54) is 10.8 Å². The summed E-state index contributed by atoms with van der Waals surface area (Å²) in [6.45, 7) is 0. The molecule has 0 amide bonds. The lowest BCUT2D eigenvalue weighted by Gasteiger charge is -2.00. The van der Waals surface area contributed by atoms with E-state index in [-0.39, 0.29) is 0 Å². The zero-order valence-corrected chi connectivity index (χ0v) is 9.33. The molecule has 76 valence electrons.